The predicted molar refractivity (Wildman–Crippen MR) is 58.8 cm³/mol. The lowest BCUT2D eigenvalue weighted by molar-refractivity contribution is -0.154. The Labute approximate surface area is 91.5 Å². The molecule has 0 aromatic heterocycles. The summed E-state index contributed by atoms with van der Waals surface area (Å²) in [6.07, 6.45) is 6.19. The van der Waals surface area contributed by atoms with Crippen LogP contribution in [0.1, 0.15) is 45.4 Å². The van der Waals surface area contributed by atoms with E-state index in [-0.39, 0.29) is 0 Å². The van der Waals surface area contributed by atoms with Crippen molar-refractivity contribution in [1.82, 2.24) is 4.90 Å². The van der Waals surface area contributed by atoms with Gasteiger partial charge in [0, 0.05) is 0 Å². The maximum absolute atomic E-state index is 11.5. The van der Waals surface area contributed by atoms with E-state index >= 15 is 0 Å². The van der Waals surface area contributed by atoms with E-state index < -0.39 is 11.5 Å². The van der Waals surface area contributed by atoms with E-state index in [4.69, 9.17) is 0 Å². The average molecular weight is 211 g/mol. The van der Waals surface area contributed by atoms with Crippen molar-refractivity contribution in [1.29, 1.82) is 0 Å². The number of likely N-dealkylation sites (tertiary alicyclic amines) is 1. The Morgan fingerprint density at radius 2 is 1.80 bits per heavy atom. The van der Waals surface area contributed by atoms with Gasteiger partial charge in [0.15, 0.2) is 0 Å². The quantitative estimate of drug-likeness (QED) is 0.760. The summed E-state index contributed by atoms with van der Waals surface area (Å²) in [6.45, 7) is 4.21. The van der Waals surface area contributed by atoms with E-state index in [2.05, 4.69) is 11.8 Å². The van der Waals surface area contributed by atoms with Crippen molar-refractivity contribution < 1.29 is 9.90 Å². The second-order valence-corrected chi connectivity index (χ2v) is 5.21. The number of hydrogen-bond donors (Lipinski definition) is 1. The molecule has 0 aromatic rings. The van der Waals surface area contributed by atoms with E-state index in [0.717, 1.165) is 38.8 Å². The van der Waals surface area contributed by atoms with Crippen molar-refractivity contribution in [2.45, 2.75) is 51.0 Å². The molecule has 15 heavy (non-hydrogen) atoms. The van der Waals surface area contributed by atoms with Gasteiger partial charge in [-0.25, -0.2) is 0 Å². The molecule has 3 heteroatoms. The number of aliphatic carboxylic acids is 1. The molecule has 1 heterocycles. The Hall–Kier alpha value is -0.570. The first-order chi connectivity index (χ1) is 7.15. The Morgan fingerprint density at radius 3 is 2.27 bits per heavy atom. The van der Waals surface area contributed by atoms with Crippen LogP contribution in [0.2, 0.25) is 0 Å². The second-order valence-electron chi connectivity index (χ2n) is 5.21. The summed E-state index contributed by atoms with van der Waals surface area (Å²) in [4.78, 5) is 13.8. The van der Waals surface area contributed by atoms with Crippen LogP contribution in [-0.2, 0) is 4.79 Å². The van der Waals surface area contributed by atoms with Crippen molar-refractivity contribution in [2.75, 3.05) is 13.1 Å². The van der Waals surface area contributed by atoms with Crippen molar-refractivity contribution in [3.8, 4) is 0 Å². The van der Waals surface area contributed by atoms with E-state index in [0.29, 0.717) is 5.92 Å². The summed E-state index contributed by atoms with van der Waals surface area (Å²) < 4.78 is 0. The molecule has 0 aromatic carbocycles. The topological polar surface area (TPSA) is 40.5 Å². The molecule has 86 valence electrons. The molecular formula is C12H21NO2. The SMILES string of the molecule is CC1CCC(C(=O)O)(N2CCCC2)CC1. The van der Waals surface area contributed by atoms with E-state index in [1.807, 2.05) is 0 Å². The number of hydrogen-bond acceptors (Lipinski definition) is 2. The smallest absolute Gasteiger partial charge is 0.324 e. The summed E-state index contributed by atoms with van der Waals surface area (Å²) in [5.41, 5.74) is -0.511. The standard InChI is InChI=1S/C12H21NO2/c1-10-4-6-12(7-5-10,11(14)15)13-8-2-3-9-13/h10H,2-9H2,1H3,(H,14,15). The Kier molecular flexibility index (Phi) is 3.01. The molecule has 0 radical (unpaired) electrons. The van der Waals surface area contributed by atoms with E-state index in [1.165, 1.54) is 12.8 Å². The largest absolute Gasteiger partial charge is 0.480 e. The van der Waals surface area contributed by atoms with Gasteiger partial charge in [0.2, 0.25) is 0 Å². The summed E-state index contributed by atoms with van der Waals surface area (Å²) >= 11 is 0. The minimum absolute atomic E-state index is 0.511. The van der Waals surface area contributed by atoms with Crippen LogP contribution in [0.3, 0.4) is 0 Å². The highest BCUT2D eigenvalue weighted by Gasteiger charge is 2.46. The van der Waals surface area contributed by atoms with Gasteiger partial charge in [-0.1, -0.05) is 6.92 Å². The zero-order valence-electron chi connectivity index (χ0n) is 9.54. The van der Waals surface area contributed by atoms with Gasteiger partial charge in [0.25, 0.3) is 0 Å². The van der Waals surface area contributed by atoms with Crippen LogP contribution in [0.5, 0.6) is 0 Å². The molecule has 0 amide bonds. The van der Waals surface area contributed by atoms with Crippen molar-refractivity contribution in [3.05, 3.63) is 0 Å². The fraction of sp³-hybridized carbons (Fsp3) is 0.917. The van der Waals surface area contributed by atoms with Crippen LogP contribution in [0.15, 0.2) is 0 Å². The van der Waals surface area contributed by atoms with Crippen molar-refractivity contribution >= 4 is 5.97 Å². The summed E-state index contributed by atoms with van der Waals surface area (Å²) in [5.74, 6) is 0.122. The van der Waals surface area contributed by atoms with Gasteiger partial charge in [0.1, 0.15) is 5.54 Å². The number of nitrogens with zero attached hydrogens (tertiary/aromatic N) is 1. The number of rotatable bonds is 2. The first-order valence-corrected chi connectivity index (χ1v) is 6.13. The van der Waals surface area contributed by atoms with Gasteiger partial charge in [-0.15, -0.1) is 0 Å². The van der Waals surface area contributed by atoms with Gasteiger partial charge in [-0.05, 0) is 57.5 Å². The average Bonchev–Trinajstić information content (AvgIpc) is 2.72. The molecule has 2 rings (SSSR count). The Morgan fingerprint density at radius 1 is 1.27 bits per heavy atom. The zero-order chi connectivity index (χ0) is 10.9. The predicted octanol–water partition coefficient (Wildman–Crippen LogP) is 2.12. The highest BCUT2D eigenvalue weighted by atomic mass is 16.4. The summed E-state index contributed by atoms with van der Waals surface area (Å²) in [7, 11) is 0. The van der Waals surface area contributed by atoms with Crippen LogP contribution < -0.4 is 0 Å². The molecule has 1 saturated heterocycles. The summed E-state index contributed by atoms with van der Waals surface area (Å²) in [5, 5.41) is 9.49. The molecule has 1 saturated carbocycles. The van der Waals surface area contributed by atoms with E-state index in [9.17, 15) is 9.90 Å². The second kappa shape index (κ2) is 4.12. The minimum atomic E-state index is -0.587. The number of carboxylic acid groups (broad SMARTS) is 1. The van der Waals surface area contributed by atoms with Gasteiger partial charge in [-0.3, -0.25) is 9.69 Å². The van der Waals surface area contributed by atoms with Crippen LogP contribution in [0, 0.1) is 5.92 Å². The fourth-order valence-corrected chi connectivity index (χ4v) is 3.05. The molecule has 0 spiro atoms. The molecule has 0 bridgehead atoms. The molecule has 3 nitrogen and oxygen atoms in total. The monoisotopic (exact) mass is 211 g/mol. The molecule has 2 aliphatic rings. The van der Waals surface area contributed by atoms with Gasteiger partial charge in [0.05, 0.1) is 0 Å². The maximum atomic E-state index is 11.5. The molecular weight excluding hydrogens is 190 g/mol. The van der Waals surface area contributed by atoms with Crippen molar-refractivity contribution in [3.63, 3.8) is 0 Å². The maximum Gasteiger partial charge on any atom is 0.324 e. The third-order valence-electron chi connectivity index (χ3n) is 4.21. The highest BCUT2D eigenvalue weighted by Crippen LogP contribution is 2.38. The van der Waals surface area contributed by atoms with Gasteiger partial charge < -0.3 is 5.11 Å². The minimum Gasteiger partial charge on any atom is -0.480 e. The lowest BCUT2D eigenvalue weighted by Gasteiger charge is -2.42. The van der Waals surface area contributed by atoms with Crippen LogP contribution in [0.4, 0.5) is 0 Å². The third-order valence-corrected chi connectivity index (χ3v) is 4.21. The van der Waals surface area contributed by atoms with Gasteiger partial charge >= 0.3 is 5.97 Å². The molecule has 0 unspecified atom stereocenters. The molecule has 1 aliphatic carbocycles. The summed E-state index contributed by atoms with van der Waals surface area (Å²) in [6, 6.07) is 0. The van der Waals surface area contributed by atoms with Crippen LogP contribution >= 0.6 is 0 Å². The lowest BCUT2D eigenvalue weighted by Crippen LogP contribution is -2.55. The third kappa shape index (κ3) is 1.89. The van der Waals surface area contributed by atoms with Crippen LogP contribution in [0.25, 0.3) is 0 Å². The molecule has 1 aliphatic heterocycles. The molecule has 2 fully saturated rings. The highest BCUT2D eigenvalue weighted by molar-refractivity contribution is 5.79. The number of carbonyl (C=O) groups is 1. The normalized spacial score (nSPS) is 38.1. The lowest BCUT2D eigenvalue weighted by atomic mass is 9.76. The van der Waals surface area contributed by atoms with E-state index in [1.54, 1.807) is 0 Å². The van der Waals surface area contributed by atoms with Crippen molar-refractivity contribution in [2.24, 2.45) is 5.92 Å². The first-order valence-electron chi connectivity index (χ1n) is 6.13. The Balaban J connectivity index is 2.13. The van der Waals surface area contributed by atoms with Gasteiger partial charge in [-0.2, -0.15) is 0 Å². The number of carboxylic acids is 1. The Bertz CT molecular complexity index is 238. The zero-order valence-corrected chi connectivity index (χ0v) is 9.54. The first kappa shape index (κ1) is 10.9. The molecule has 1 N–H and O–H groups in total. The fourth-order valence-electron chi connectivity index (χ4n) is 3.05. The molecule has 0 atom stereocenters. The van der Waals surface area contributed by atoms with Crippen LogP contribution in [-0.4, -0.2) is 34.6 Å².